The number of fused-ring (bicyclic) bond motifs is 3. The first-order valence-corrected chi connectivity index (χ1v) is 20.8. The first kappa shape index (κ1) is 50.6. The maximum atomic E-state index is 12.3. The molecule has 1 amide bonds. The highest BCUT2D eigenvalue weighted by molar-refractivity contribution is 5.79. The summed E-state index contributed by atoms with van der Waals surface area (Å²) in [5.74, 6) is -1.19. The quantitative estimate of drug-likeness (QED) is 0.0724. The molecule has 0 fully saturated rings. The monoisotopic (exact) mass is 851 g/mol. The molecule has 0 heterocycles. The van der Waals surface area contributed by atoms with Crippen molar-refractivity contribution in [2.24, 2.45) is 0 Å². The molecule has 3 rings (SSSR count). The number of carbonyl (C=O) groups is 3. The predicted molar refractivity (Wildman–Crippen MR) is 218 cm³/mol. The fourth-order valence-electron chi connectivity index (χ4n) is 5.79. The van der Waals surface area contributed by atoms with E-state index in [0.29, 0.717) is 145 Å². The molecule has 0 saturated heterocycles. The van der Waals surface area contributed by atoms with Crippen molar-refractivity contribution in [3.8, 4) is 11.1 Å². The molecule has 0 aliphatic heterocycles. The van der Waals surface area contributed by atoms with Crippen molar-refractivity contribution in [1.29, 1.82) is 0 Å². The predicted octanol–water partition coefficient (Wildman–Crippen LogP) is 3.88. The van der Waals surface area contributed by atoms with Crippen molar-refractivity contribution < 1.29 is 76.3 Å². The van der Waals surface area contributed by atoms with Crippen LogP contribution < -0.4 is 5.32 Å². The second-order valence-corrected chi connectivity index (χ2v) is 13.2. The number of hydrogen-bond acceptors (Lipinski definition) is 15. The Balaban J connectivity index is 0.929. The molecule has 0 atom stereocenters. The van der Waals surface area contributed by atoms with Gasteiger partial charge in [0, 0.05) is 25.3 Å². The van der Waals surface area contributed by atoms with Crippen LogP contribution >= 0.6 is 0 Å². The van der Waals surface area contributed by atoms with Gasteiger partial charge in [-0.3, -0.25) is 9.59 Å². The zero-order valence-corrected chi connectivity index (χ0v) is 34.9. The lowest BCUT2D eigenvalue weighted by Gasteiger charge is -2.14. The number of alkyl carbamates (subject to hydrolysis) is 1. The number of aliphatic carboxylic acids is 1. The van der Waals surface area contributed by atoms with Gasteiger partial charge in [-0.05, 0) is 35.1 Å². The molecule has 60 heavy (non-hydrogen) atoms. The third kappa shape index (κ3) is 24.5. The molecular formula is C43H65NO16. The third-order valence-corrected chi connectivity index (χ3v) is 8.72. The Bertz CT molecular complexity index is 1370. The number of unbranched alkanes of at least 4 members (excludes halogenated alkanes) is 1. The zero-order valence-electron chi connectivity index (χ0n) is 34.9. The zero-order chi connectivity index (χ0) is 42.6. The lowest BCUT2D eigenvalue weighted by atomic mass is 9.98. The van der Waals surface area contributed by atoms with Gasteiger partial charge in [-0.15, -0.1) is 0 Å². The number of hydrogen-bond donors (Lipinski definition) is 2. The van der Waals surface area contributed by atoms with E-state index in [-0.39, 0.29) is 44.5 Å². The summed E-state index contributed by atoms with van der Waals surface area (Å²) in [4.78, 5) is 34.2. The highest BCUT2D eigenvalue weighted by Gasteiger charge is 2.29. The summed E-state index contributed by atoms with van der Waals surface area (Å²) in [6.07, 6.45) is 0.753. The standard InChI is InChI=1S/C43H65NO16/c45-41(46)11-5-6-12-42(47)59-34-33-58-32-31-57-30-29-56-28-27-55-26-25-54-24-23-53-22-21-52-20-19-51-18-17-50-16-15-49-14-13-44-43(48)60-35-40-38-9-3-1-7-36(38)37-8-2-4-10-39(37)40/h1-4,7-10,40H,5-6,11-35H2,(H,44,48)(H,45,46). The van der Waals surface area contributed by atoms with E-state index in [4.69, 9.17) is 61.9 Å². The number of carbonyl (C=O) groups excluding carboxylic acids is 2. The topological polar surface area (TPSA) is 194 Å². The Morgan fingerprint density at radius 1 is 0.450 bits per heavy atom. The number of carboxylic acid groups (broad SMARTS) is 1. The molecule has 17 heteroatoms. The summed E-state index contributed by atoms with van der Waals surface area (Å²) in [5.41, 5.74) is 4.75. The Kier molecular flexibility index (Phi) is 29.4. The van der Waals surface area contributed by atoms with E-state index >= 15 is 0 Å². The van der Waals surface area contributed by atoms with Crippen LogP contribution in [-0.2, 0) is 66.4 Å². The van der Waals surface area contributed by atoms with E-state index in [1.807, 2.05) is 24.3 Å². The first-order valence-electron chi connectivity index (χ1n) is 20.8. The minimum atomic E-state index is -0.867. The van der Waals surface area contributed by atoms with Gasteiger partial charge in [-0.2, -0.15) is 0 Å². The molecule has 2 N–H and O–H groups in total. The number of rotatable bonds is 40. The Morgan fingerprint density at radius 3 is 1.20 bits per heavy atom. The van der Waals surface area contributed by atoms with Gasteiger partial charge in [0.05, 0.1) is 132 Å². The van der Waals surface area contributed by atoms with Gasteiger partial charge in [0.2, 0.25) is 0 Å². The first-order chi connectivity index (χ1) is 29.6. The average Bonchev–Trinajstić information content (AvgIpc) is 3.57. The molecule has 338 valence electrons. The SMILES string of the molecule is O=C(O)CCCCC(=O)OCCOCCOCCOCCOCCOCCOCCOCCOCCOCCOCCNC(=O)OCC1c2ccccc2-c2ccccc21. The van der Waals surface area contributed by atoms with Crippen molar-refractivity contribution >= 4 is 18.0 Å². The van der Waals surface area contributed by atoms with Crippen molar-refractivity contribution in [1.82, 2.24) is 5.32 Å². The van der Waals surface area contributed by atoms with Gasteiger partial charge in [0.25, 0.3) is 0 Å². The smallest absolute Gasteiger partial charge is 0.407 e. The molecule has 0 aromatic heterocycles. The van der Waals surface area contributed by atoms with Gasteiger partial charge in [-0.1, -0.05) is 48.5 Å². The Morgan fingerprint density at radius 2 is 0.800 bits per heavy atom. The summed E-state index contributed by atoms with van der Waals surface area (Å²) in [6, 6.07) is 16.5. The molecule has 2 aromatic carbocycles. The van der Waals surface area contributed by atoms with Gasteiger partial charge in [0.15, 0.2) is 0 Å². The van der Waals surface area contributed by atoms with Gasteiger partial charge < -0.3 is 67.3 Å². The minimum Gasteiger partial charge on any atom is -0.481 e. The van der Waals surface area contributed by atoms with Crippen molar-refractivity contribution in [2.75, 3.05) is 152 Å². The average molecular weight is 852 g/mol. The van der Waals surface area contributed by atoms with Crippen molar-refractivity contribution in [3.05, 3.63) is 59.7 Å². The van der Waals surface area contributed by atoms with Crippen LogP contribution in [0.25, 0.3) is 11.1 Å². The van der Waals surface area contributed by atoms with Crippen LogP contribution in [0.2, 0.25) is 0 Å². The normalized spacial score (nSPS) is 12.0. The van der Waals surface area contributed by atoms with E-state index in [1.54, 1.807) is 0 Å². The fraction of sp³-hybridized carbons (Fsp3) is 0.651. The number of ether oxygens (including phenoxy) is 12. The van der Waals surface area contributed by atoms with E-state index < -0.39 is 12.1 Å². The molecule has 1 aliphatic rings. The number of nitrogens with one attached hydrogen (secondary N) is 1. The van der Waals surface area contributed by atoms with E-state index in [0.717, 1.165) is 0 Å². The van der Waals surface area contributed by atoms with E-state index in [2.05, 4.69) is 29.6 Å². The molecule has 0 unspecified atom stereocenters. The van der Waals surface area contributed by atoms with Crippen LogP contribution in [0, 0.1) is 0 Å². The summed E-state index contributed by atoms with van der Waals surface area (Å²) in [7, 11) is 0. The fourth-order valence-corrected chi connectivity index (χ4v) is 5.79. The molecule has 0 bridgehead atoms. The lowest BCUT2D eigenvalue weighted by Crippen LogP contribution is -2.29. The number of amides is 1. The summed E-state index contributed by atoms with van der Waals surface area (Å²) < 4.78 is 65.3. The van der Waals surface area contributed by atoms with Crippen LogP contribution in [0.1, 0.15) is 42.7 Å². The molecule has 2 aromatic rings. The highest BCUT2D eigenvalue weighted by Crippen LogP contribution is 2.44. The molecular weight excluding hydrogens is 786 g/mol. The largest absolute Gasteiger partial charge is 0.481 e. The van der Waals surface area contributed by atoms with E-state index in [9.17, 15) is 14.4 Å². The summed E-state index contributed by atoms with van der Waals surface area (Å²) >= 11 is 0. The summed E-state index contributed by atoms with van der Waals surface area (Å²) in [5, 5.41) is 11.3. The highest BCUT2D eigenvalue weighted by atomic mass is 16.6. The van der Waals surface area contributed by atoms with Gasteiger partial charge in [0.1, 0.15) is 13.2 Å². The van der Waals surface area contributed by atoms with Crippen LogP contribution in [-0.4, -0.2) is 175 Å². The number of benzene rings is 2. The van der Waals surface area contributed by atoms with Crippen LogP contribution in [0.4, 0.5) is 4.79 Å². The van der Waals surface area contributed by atoms with E-state index in [1.165, 1.54) is 22.3 Å². The molecule has 0 spiro atoms. The Hall–Kier alpha value is -3.75. The number of esters is 1. The van der Waals surface area contributed by atoms with Crippen molar-refractivity contribution in [2.45, 2.75) is 31.6 Å². The Labute approximate surface area is 353 Å². The molecule has 0 saturated carbocycles. The van der Waals surface area contributed by atoms with Crippen LogP contribution in [0.3, 0.4) is 0 Å². The van der Waals surface area contributed by atoms with Gasteiger partial charge >= 0.3 is 18.0 Å². The second-order valence-electron chi connectivity index (χ2n) is 13.2. The molecule has 17 nitrogen and oxygen atoms in total. The van der Waals surface area contributed by atoms with Crippen molar-refractivity contribution in [3.63, 3.8) is 0 Å². The summed E-state index contributed by atoms with van der Waals surface area (Å²) in [6.45, 7) is 9.45. The van der Waals surface area contributed by atoms with Crippen LogP contribution in [0.5, 0.6) is 0 Å². The molecule has 0 radical (unpaired) electrons. The minimum absolute atomic E-state index is 0.0286. The maximum Gasteiger partial charge on any atom is 0.407 e. The van der Waals surface area contributed by atoms with Crippen LogP contribution in [0.15, 0.2) is 48.5 Å². The second kappa shape index (κ2) is 34.9. The third-order valence-electron chi connectivity index (χ3n) is 8.72. The molecule has 1 aliphatic carbocycles. The lowest BCUT2D eigenvalue weighted by molar-refractivity contribution is -0.146. The number of carboxylic acids is 1. The maximum absolute atomic E-state index is 12.3. The van der Waals surface area contributed by atoms with Gasteiger partial charge in [-0.25, -0.2) is 4.79 Å².